The lowest BCUT2D eigenvalue weighted by molar-refractivity contribution is -0.280. The van der Waals surface area contributed by atoms with Gasteiger partial charge in [-0.1, -0.05) is 33.8 Å². The van der Waals surface area contributed by atoms with E-state index in [0.29, 0.717) is 18.4 Å². The van der Waals surface area contributed by atoms with Gasteiger partial charge in [0.05, 0.1) is 23.5 Å². The van der Waals surface area contributed by atoms with Gasteiger partial charge in [0.2, 0.25) is 0 Å². The topological polar surface area (TPSA) is 135 Å². The molecule has 6 aliphatic rings. The maximum absolute atomic E-state index is 14.3. The van der Waals surface area contributed by atoms with Crippen molar-refractivity contribution in [3.8, 4) is 0 Å². The standard InChI is InChI=1S/C30H40O10/c1-14(31)37-18-10-11-29-17-13-26(6)28(8)21(38-15(2)32)27(7,40-26)20(33)30(28,23(35)36-9)25(17,5)12-16(39-22(29)34)19(29)24(18,3)4/h13,16,18-21,33H,10-12H2,1-9H3/t16-,18-,19?,20+,21-,25-,26+,27-,28+,29+,30+/m0/s1. The first-order valence-corrected chi connectivity index (χ1v) is 14.1. The molecule has 2 heterocycles. The molecule has 4 aliphatic carbocycles. The minimum absolute atomic E-state index is 0.230. The van der Waals surface area contributed by atoms with Crippen molar-refractivity contribution in [2.24, 2.45) is 33.0 Å². The number of aliphatic hydroxyl groups excluding tert-OH is 1. The third-order valence-electron chi connectivity index (χ3n) is 12.3. The molecular weight excluding hydrogens is 520 g/mol. The van der Waals surface area contributed by atoms with Crippen LogP contribution in [0.5, 0.6) is 0 Å². The first-order valence-electron chi connectivity index (χ1n) is 14.1. The van der Waals surface area contributed by atoms with Crippen LogP contribution < -0.4 is 0 Å². The molecule has 0 amide bonds. The minimum Gasteiger partial charge on any atom is -0.468 e. The van der Waals surface area contributed by atoms with E-state index in [0.717, 1.165) is 0 Å². The van der Waals surface area contributed by atoms with Crippen LogP contribution in [0.4, 0.5) is 0 Å². The van der Waals surface area contributed by atoms with Crippen molar-refractivity contribution in [2.45, 2.75) is 110 Å². The normalized spacial score (nSPS) is 52.6. The molecule has 0 spiro atoms. The fraction of sp³-hybridized carbons (Fsp3) is 0.800. The monoisotopic (exact) mass is 560 g/mol. The van der Waals surface area contributed by atoms with E-state index in [2.05, 4.69) is 0 Å². The Kier molecular flexibility index (Phi) is 5.18. The maximum atomic E-state index is 14.3. The highest BCUT2D eigenvalue weighted by atomic mass is 16.6. The summed E-state index contributed by atoms with van der Waals surface area (Å²) in [6, 6.07) is 0. The van der Waals surface area contributed by atoms with E-state index in [-0.39, 0.29) is 24.3 Å². The lowest BCUT2D eigenvalue weighted by atomic mass is 9.34. The molecule has 5 fully saturated rings. The number of aliphatic hydroxyl groups is 1. The molecule has 4 bridgehead atoms. The van der Waals surface area contributed by atoms with Gasteiger partial charge in [0.1, 0.15) is 35.4 Å². The first kappa shape index (κ1) is 27.7. The van der Waals surface area contributed by atoms with Crippen molar-refractivity contribution in [1.82, 2.24) is 0 Å². The van der Waals surface area contributed by atoms with Crippen molar-refractivity contribution in [3.63, 3.8) is 0 Å². The van der Waals surface area contributed by atoms with Gasteiger partial charge < -0.3 is 28.8 Å². The maximum Gasteiger partial charge on any atom is 0.316 e. The van der Waals surface area contributed by atoms with Crippen LogP contribution in [0, 0.1) is 33.0 Å². The molecule has 2 aliphatic heterocycles. The van der Waals surface area contributed by atoms with Gasteiger partial charge in [-0.2, -0.15) is 0 Å². The van der Waals surface area contributed by atoms with E-state index >= 15 is 0 Å². The number of carbonyl (C=O) groups excluding carboxylic acids is 4. The van der Waals surface area contributed by atoms with Crippen molar-refractivity contribution in [3.05, 3.63) is 11.6 Å². The zero-order valence-corrected chi connectivity index (χ0v) is 24.7. The average Bonchev–Trinajstić information content (AvgIpc) is 3.24. The van der Waals surface area contributed by atoms with E-state index in [1.54, 1.807) is 6.92 Å². The van der Waals surface area contributed by atoms with Crippen LogP contribution in [-0.4, -0.2) is 71.7 Å². The predicted octanol–water partition coefficient (Wildman–Crippen LogP) is 2.64. The van der Waals surface area contributed by atoms with Crippen molar-refractivity contribution in [1.29, 1.82) is 0 Å². The SMILES string of the molecule is COC(=O)[C@]12[C@H](O)[C@]3(C)O[C@](C)(C=C4[C@]56CC[C@H](OC(C)=O)C(C)(C)C5[C@H](C[C@@]41C)OC6=O)[C@@]2(C)[C@H]3OC(C)=O. The van der Waals surface area contributed by atoms with E-state index < -0.39 is 74.6 Å². The van der Waals surface area contributed by atoms with Gasteiger partial charge in [-0.25, -0.2) is 0 Å². The van der Waals surface area contributed by atoms with Crippen LogP contribution in [0.25, 0.3) is 0 Å². The predicted molar refractivity (Wildman–Crippen MR) is 137 cm³/mol. The molecular formula is C30H40O10. The Morgan fingerprint density at radius 2 is 1.65 bits per heavy atom. The average molecular weight is 561 g/mol. The molecule has 2 saturated heterocycles. The van der Waals surface area contributed by atoms with Gasteiger partial charge in [-0.05, 0) is 38.7 Å². The highest BCUT2D eigenvalue weighted by molar-refractivity contribution is 5.90. The smallest absolute Gasteiger partial charge is 0.316 e. The van der Waals surface area contributed by atoms with Crippen molar-refractivity contribution in [2.75, 3.05) is 7.11 Å². The summed E-state index contributed by atoms with van der Waals surface area (Å²) >= 11 is 0. The summed E-state index contributed by atoms with van der Waals surface area (Å²) in [5, 5.41) is 12.3. The fourth-order valence-electron chi connectivity index (χ4n) is 11.1. The van der Waals surface area contributed by atoms with Gasteiger partial charge in [0.15, 0.2) is 0 Å². The number of hydrogen-bond acceptors (Lipinski definition) is 10. The number of carbonyl (C=O) groups is 4. The molecule has 0 radical (unpaired) electrons. The quantitative estimate of drug-likeness (QED) is 0.312. The molecule has 3 saturated carbocycles. The number of methoxy groups -OCH3 is 1. The largest absolute Gasteiger partial charge is 0.468 e. The lowest BCUT2D eigenvalue weighted by Crippen LogP contribution is -2.76. The van der Waals surface area contributed by atoms with E-state index in [1.165, 1.54) is 21.0 Å². The van der Waals surface area contributed by atoms with Gasteiger partial charge in [0, 0.05) is 30.6 Å². The number of rotatable bonds is 3. The highest BCUT2D eigenvalue weighted by Crippen LogP contribution is 2.84. The Balaban J connectivity index is 1.65. The molecule has 10 heteroatoms. The van der Waals surface area contributed by atoms with Crippen LogP contribution in [0.3, 0.4) is 0 Å². The summed E-state index contributed by atoms with van der Waals surface area (Å²) in [6.07, 6.45) is -0.450. The van der Waals surface area contributed by atoms with Gasteiger partial charge in [0.25, 0.3) is 0 Å². The minimum atomic E-state index is -1.64. The van der Waals surface area contributed by atoms with Gasteiger partial charge in [-0.15, -0.1) is 0 Å². The van der Waals surface area contributed by atoms with Crippen molar-refractivity contribution >= 4 is 23.9 Å². The molecule has 11 atom stereocenters. The third kappa shape index (κ3) is 2.49. The molecule has 0 aromatic heterocycles. The second-order valence-electron chi connectivity index (χ2n) is 14.2. The number of esters is 4. The number of ether oxygens (including phenoxy) is 5. The Morgan fingerprint density at radius 3 is 2.23 bits per heavy atom. The molecule has 220 valence electrons. The zero-order chi connectivity index (χ0) is 29.6. The molecule has 0 aromatic rings. The summed E-state index contributed by atoms with van der Waals surface area (Å²) in [7, 11) is 1.29. The van der Waals surface area contributed by atoms with E-state index in [9.17, 15) is 24.3 Å². The van der Waals surface area contributed by atoms with E-state index in [1.807, 2.05) is 40.7 Å². The summed E-state index contributed by atoms with van der Waals surface area (Å²) in [5.41, 5.74) is -7.71. The fourth-order valence-corrected chi connectivity index (χ4v) is 11.1. The van der Waals surface area contributed by atoms with Crippen LogP contribution in [0.2, 0.25) is 0 Å². The zero-order valence-electron chi connectivity index (χ0n) is 24.7. The van der Waals surface area contributed by atoms with Crippen LogP contribution in [-0.2, 0) is 42.9 Å². The van der Waals surface area contributed by atoms with E-state index in [4.69, 9.17) is 23.7 Å². The molecule has 6 rings (SSSR count). The highest BCUT2D eigenvalue weighted by Gasteiger charge is 2.94. The second kappa shape index (κ2) is 7.48. The molecule has 0 aromatic carbocycles. The van der Waals surface area contributed by atoms with Crippen LogP contribution in [0.15, 0.2) is 11.6 Å². The second-order valence-corrected chi connectivity index (χ2v) is 14.2. The number of hydrogen-bond donors (Lipinski definition) is 1. The van der Waals surface area contributed by atoms with Crippen LogP contribution in [0.1, 0.15) is 74.7 Å². The summed E-state index contributed by atoms with van der Waals surface area (Å²) in [5.74, 6) is -2.29. The summed E-state index contributed by atoms with van der Waals surface area (Å²) < 4.78 is 30.0. The molecule has 1 N–H and O–H groups in total. The summed E-state index contributed by atoms with van der Waals surface area (Å²) in [6.45, 7) is 13.9. The third-order valence-corrected chi connectivity index (χ3v) is 12.3. The van der Waals surface area contributed by atoms with Crippen molar-refractivity contribution < 1.29 is 48.0 Å². The van der Waals surface area contributed by atoms with Crippen LogP contribution >= 0.6 is 0 Å². The molecule has 1 unspecified atom stereocenters. The molecule has 40 heavy (non-hydrogen) atoms. The Bertz CT molecular complexity index is 1290. The Hall–Kier alpha value is -2.46. The lowest BCUT2D eigenvalue weighted by Gasteiger charge is -2.69. The summed E-state index contributed by atoms with van der Waals surface area (Å²) in [4.78, 5) is 52.7. The number of fused-ring (bicyclic) bond motifs is 3. The first-order chi connectivity index (χ1) is 18.4. The van der Waals surface area contributed by atoms with Gasteiger partial charge in [-0.3, -0.25) is 19.2 Å². The Morgan fingerprint density at radius 1 is 1.02 bits per heavy atom. The Labute approximate surface area is 234 Å². The van der Waals surface area contributed by atoms with Gasteiger partial charge >= 0.3 is 23.9 Å². The molecule has 10 nitrogen and oxygen atoms in total.